The molecule has 0 unspecified atom stereocenters. The first-order chi connectivity index (χ1) is 14.8. The molecule has 1 nitrogen and oxygen atoms in total. The molecular formula is C29H44O. The van der Waals surface area contributed by atoms with Gasteiger partial charge >= 0.3 is 0 Å². The minimum atomic E-state index is 0.738. The Kier molecular flexibility index (Phi) is 10.2. The number of benzene rings is 1. The molecule has 3 rings (SSSR count). The molecule has 1 heteroatoms. The van der Waals surface area contributed by atoms with Crippen LogP contribution in [0, 0.1) is 17.8 Å². The molecule has 0 atom stereocenters. The molecule has 2 saturated carbocycles. The summed E-state index contributed by atoms with van der Waals surface area (Å²) in [5, 5.41) is 0. The summed E-state index contributed by atoms with van der Waals surface area (Å²) in [6, 6.07) is 9.30. The van der Waals surface area contributed by atoms with Crippen LogP contribution in [0.25, 0.3) is 0 Å². The van der Waals surface area contributed by atoms with E-state index in [9.17, 15) is 0 Å². The summed E-state index contributed by atoms with van der Waals surface area (Å²) in [5.74, 6) is 3.75. The van der Waals surface area contributed by atoms with Crippen LogP contribution in [0.5, 0.6) is 0 Å². The molecule has 1 aromatic carbocycles. The zero-order valence-corrected chi connectivity index (χ0v) is 19.5. The van der Waals surface area contributed by atoms with Gasteiger partial charge in [0.15, 0.2) is 0 Å². The minimum Gasteiger partial charge on any atom is -0.376 e. The van der Waals surface area contributed by atoms with Crippen molar-refractivity contribution in [3.63, 3.8) is 0 Å². The Balaban J connectivity index is 1.36. The summed E-state index contributed by atoms with van der Waals surface area (Å²) in [6.07, 6.45) is 24.1. The highest BCUT2D eigenvalue weighted by atomic mass is 16.5. The Labute approximate surface area is 186 Å². The first-order valence-corrected chi connectivity index (χ1v) is 12.7. The van der Waals surface area contributed by atoms with Gasteiger partial charge < -0.3 is 4.74 Å². The molecule has 0 N–H and O–H groups in total. The molecular weight excluding hydrogens is 364 g/mol. The average Bonchev–Trinajstić information content (AvgIpc) is 2.80. The zero-order chi connectivity index (χ0) is 21.0. The Bertz CT molecular complexity index is 625. The SMILES string of the molecule is C/C=C/CCOCc1ccc(C2CCC(C3CCC(C/C=C/CC)CC3)CC2)cc1. The smallest absolute Gasteiger partial charge is 0.0717 e. The van der Waals surface area contributed by atoms with Gasteiger partial charge in [0.2, 0.25) is 0 Å². The molecule has 0 aromatic heterocycles. The van der Waals surface area contributed by atoms with E-state index in [0.29, 0.717) is 0 Å². The van der Waals surface area contributed by atoms with E-state index in [1.165, 1.54) is 69.8 Å². The number of allylic oxidation sites excluding steroid dienone is 3. The third-order valence-corrected chi connectivity index (χ3v) is 7.59. The minimum absolute atomic E-state index is 0.738. The van der Waals surface area contributed by atoms with Crippen molar-refractivity contribution in [1.29, 1.82) is 0 Å². The van der Waals surface area contributed by atoms with Crippen LogP contribution in [0.4, 0.5) is 0 Å². The predicted molar refractivity (Wildman–Crippen MR) is 130 cm³/mol. The normalized spacial score (nSPS) is 27.8. The van der Waals surface area contributed by atoms with Crippen LogP contribution < -0.4 is 0 Å². The topological polar surface area (TPSA) is 9.23 Å². The third kappa shape index (κ3) is 7.41. The van der Waals surface area contributed by atoms with E-state index in [-0.39, 0.29) is 0 Å². The molecule has 0 aliphatic heterocycles. The van der Waals surface area contributed by atoms with Crippen LogP contribution in [0.2, 0.25) is 0 Å². The third-order valence-electron chi connectivity index (χ3n) is 7.59. The van der Waals surface area contributed by atoms with E-state index < -0.39 is 0 Å². The summed E-state index contributed by atoms with van der Waals surface area (Å²) in [6.45, 7) is 5.85. The highest BCUT2D eigenvalue weighted by Crippen LogP contribution is 2.44. The first-order valence-electron chi connectivity index (χ1n) is 12.7. The van der Waals surface area contributed by atoms with Crippen molar-refractivity contribution in [3.8, 4) is 0 Å². The van der Waals surface area contributed by atoms with Gasteiger partial charge in [0.25, 0.3) is 0 Å². The quantitative estimate of drug-likeness (QED) is 0.278. The molecule has 0 spiro atoms. The van der Waals surface area contributed by atoms with Crippen LogP contribution in [-0.2, 0) is 11.3 Å². The average molecular weight is 409 g/mol. The molecule has 0 saturated heterocycles. The summed E-state index contributed by atoms with van der Waals surface area (Å²) >= 11 is 0. The van der Waals surface area contributed by atoms with E-state index in [2.05, 4.69) is 62.4 Å². The standard InChI is InChI=1S/C29H44O/c1-3-5-7-9-24-10-14-26(15-11-24)28-18-20-29(21-19-28)27-16-12-25(13-17-27)23-30-22-8-6-4-2/h4-7,12-13,16-17,24,26,28-29H,3,8-11,14-15,18-23H2,1-2H3/b6-4+,7-5+. The second-order valence-corrected chi connectivity index (χ2v) is 9.66. The number of hydrogen-bond acceptors (Lipinski definition) is 1. The summed E-state index contributed by atoms with van der Waals surface area (Å²) in [5.41, 5.74) is 2.86. The molecule has 0 bridgehead atoms. The maximum absolute atomic E-state index is 5.77. The Morgan fingerprint density at radius 3 is 2.13 bits per heavy atom. The van der Waals surface area contributed by atoms with Gasteiger partial charge in [0, 0.05) is 0 Å². The lowest BCUT2D eigenvalue weighted by Gasteiger charge is -2.38. The largest absolute Gasteiger partial charge is 0.376 e. The monoisotopic (exact) mass is 408 g/mol. The fourth-order valence-corrected chi connectivity index (χ4v) is 5.67. The van der Waals surface area contributed by atoms with Gasteiger partial charge in [0.1, 0.15) is 0 Å². The van der Waals surface area contributed by atoms with Crippen molar-refractivity contribution in [2.24, 2.45) is 17.8 Å². The van der Waals surface area contributed by atoms with Gasteiger partial charge in [-0.25, -0.2) is 0 Å². The molecule has 2 aliphatic rings. The maximum Gasteiger partial charge on any atom is 0.0717 e. The molecule has 1 aromatic rings. The van der Waals surface area contributed by atoms with Crippen molar-refractivity contribution in [3.05, 3.63) is 59.7 Å². The predicted octanol–water partition coefficient (Wildman–Crippen LogP) is 8.61. The van der Waals surface area contributed by atoms with E-state index in [1.807, 2.05) is 0 Å². The number of hydrogen-bond donors (Lipinski definition) is 0. The number of rotatable bonds is 10. The summed E-state index contributed by atoms with van der Waals surface area (Å²) in [4.78, 5) is 0. The molecule has 0 amide bonds. The highest BCUT2D eigenvalue weighted by Gasteiger charge is 2.30. The lowest BCUT2D eigenvalue weighted by molar-refractivity contribution is 0.125. The van der Waals surface area contributed by atoms with Crippen molar-refractivity contribution in [2.75, 3.05) is 6.61 Å². The van der Waals surface area contributed by atoms with E-state index in [1.54, 1.807) is 5.56 Å². The lowest BCUT2D eigenvalue weighted by atomic mass is 9.68. The second-order valence-electron chi connectivity index (χ2n) is 9.66. The van der Waals surface area contributed by atoms with Gasteiger partial charge in [-0.15, -0.1) is 0 Å². The molecule has 0 radical (unpaired) electrons. The molecule has 2 fully saturated rings. The van der Waals surface area contributed by atoms with Crippen LogP contribution in [0.1, 0.15) is 102 Å². The summed E-state index contributed by atoms with van der Waals surface area (Å²) < 4.78 is 5.77. The summed E-state index contributed by atoms with van der Waals surface area (Å²) in [7, 11) is 0. The van der Waals surface area contributed by atoms with E-state index in [4.69, 9.17) is 4.74 Å². The fourth-order valence-electron chi connectivity index (χ4n) is 5.67. The van der Waals surface area contributed by atoms with Crippen LogP contribution in [0.3, 0.4) is 0 Å². The molecule has 30 heavy (non-hydrogen) atoms. The van der Waals surface area contributed by atoms with Crippen LogP contribution in [0.15, 0.2) is 48.6 Å². The van der Waals surface area contributed by atoms with E-state index >= 15 is 0 Å². The zero-order valence-electron chi connectivity index (χ0n) is 19.5. The fraction of sp³-hybridized carbons (Fsp3) is 0.655. The molecule has 2 aliphatic carbocycles. The Morgan fingerprint density at radius 2 is 1.50 bits per heavy atom. The first kappa shape index (κ1) is 23.3. The second kappa shape index (κ2) is 13.2. The van der Waals surface area contributed by atoms with Gasteiger partial charge in [-0.2, -0.15) is 0 Å². The lowest BCUT2D eigenvalue weighted by Crippen LogP contribution is -2.25. The maximum atomic E-state index is 5.77. The van der Waals surface area contributed by atoms with Gasteiger partial charge in [-0.05, 0) is 112 Å². The van der Waals surface area contributed by atoms with Gasteiger partial charge in [-0.3, -0.25) is 0 Å². The highest BCUT2D eigenvalue weighted by molar-refractivity contribution is 5.25. The molecule has 0 heterocycles. The Hall–Kier alpha value is -1.34. The molecule has 166 valence electrons. The van der Waals surface area contributed by atoms with Crippen LogP contribution in [-0.4, -0.2) is 6.61 Å². The number of ether oxygens (including phenoxy) is 1. The van der Waals surface area contributed by atoms with E-state index in [0.717, 1.165) is 43.3 Å². The van der Waals surface area contributed by atoms with Gasteiger partial charge in [-0.1, -0.05) is 55.5 Å². The Morgan fingerprint density at radius 1 is 0.833 bits per heavy atom. The van der Waals surface area contributed by atoms with Gasteiger partial charge in [0.05, 0.1) is 13.2 Å². The van der Waals surface area contributed by atoms with Crippen molar-refractivity contribution in [2.45, 2.75) is 97.0 Å². The van der Waals surface area contributed by atoms with Crippen molar-refractivity contribution < 1.29 is 4.74 Å². The van der Waals surface area contributed by atoms with Crippen molar-refractivity contribution in [1.82, 2.24) is 0 Å². The van der Waals surface area contributed by atoms with Crippen molar-refractivity contribution >= 4 is 0 Å². The van der Waals surface area contributed by atoms with Crippen LogP contribution >= 0.6 is 0 Å².